The van der Waals surface area contributed by atoms with Crippen LogP contribution < -0.4 is 24.8 Å². The predicted molar refractivity (Wildman–Crippen MR) is 71.5 cm³/mol. The first-order valence-corrected chi connectivity index (χ1v) is 6.15. The standard InChI is InChI=1S/2C8H11.2ClH.Zr/c2*1-3-8-5-4-7(2)6-8;;;/h4,6,8H,3H2,1-2H3;4-6H,3H2,1-2H3;2*1H;/q2*-1;;;+4/p-2. The molecule has 19 heavy (non-hydrogen) atoms. The van der Waals surface area contributed by atoms with Crippen molar-refractivity contribution in [2.24, 2.45) is 5.92 Å². The van der Waals surface area contributed by atoms with Crippen molar-refractivity contribution >= 4 is 0 Å². The van der Waals surface area contributed by atoms with E-state index < -0.39 is 0 Å². The van der Waals surface area contributed by atoms with Gasteiger partial charge in [0.25, 0.3) is 0 Å². The third-order valence-electron chi connectivity index (χ3n) is 2.81. The van der Waals surface area contributed by atoms with Gasteiger partial charge in [0.1, 0.15) is 0 Å². The molecule has 1 aliphatic carbocycles. The van der Waals surface area contributed by atoms with Crippen LogP contribution in [0.15, 0.2) is 35.9 Å². The summed E-state index contributed by atoms with van der Waals surface area (Å²) in [5.74, 6) is 0.606. The van der Waals surface area contributed by atoms with E-state index in [4.69, 9.17) is 0 Å². The van der Waals surface area contributed by atoms with Gasteiger partial charge in [-0.05, 0) is 0 Å². The SMILES string of the molecule is CCC1[C-]=CC(C)=C1.CCc1cc(C)c[cH-]1.[Cl-].[Cl-].[Zr+4]. The van der Waals surface area contributed by atoms with Crippen LogP contribution in [0.4, 0.5) is 0 Å². The van der Waals surface area contributed by atoms with Crippen molar-refractivity contribution in [1.82, 2.24) is 0 Å². The quantitative estimate of drug-likeness (QED) is 0.558. The molecule has 1 unspecified atom stereocenters. The molecule has 1 aromatic carbocycles. The molecule has 0 amide bonds. The van der Waals surface area contributed by atoms with Gasteiger partial charge in [0, 0.05) is 0 Å². The van der Waals surface area contributed by atoms with E-state index in [-0.39, 0.29) is 51.0 Å². The van der Waals surface area contributed by atoms with Crippen LogP contribution in [0.25, 0.3) is 0 Å². The molecule has 1 aliphatic rings. The number of halogens is 2. The van der Waals surface area contributed by atoms with Gasteiger partial charge in [-0.1, -0.05) is 39.5 Å². The fourth-order valence-corrected chi connectivity index (χ4v) is 1.73. The average molecular weight is 376 g/mol. The Hall–Kier alpha value is 0.293. The molecule has 0 fully saturated rings. The largest absolute Gasteiger partial charge is 4.00 e. The molecule has 104 valence electrons. The van der Waals surface area contributed by atoms with Crippen LogP contribution in [0.2, 0.25) is 0 Å². The van der Waals surface area contributed by atoms with Crippen LogP contribution in [-0.4, -0.2) is 0 Å². The van der Waals surface area contributed by atoms with Gasteiger partial charge in [0.05, 0.1) is 0 Å². The molecular weight excluding hydrogens is 354 g/mol. The summed E-state index contributed by atoms with van der Waals surface area (Å²) in [4.78, 5) is 0. The zero-order chi connectivity index (χ0) is 12.0. The molecule has 0 bridgehead atoms. The minimum Gasteiger partial charge on any atom is -1.00 e. The molecule has 0 aromatic heterocycles. The maximum Gasteiger partial charge on any atom is 4.00 e. The minimum absolute atomic E-state index is 0. The first-order valence-electron chi connectivity index (χ1n) is 6.15. The molecular formula is C16H22Cl2Zr. The summed E-state index contributed by atoms with van der Waals surface area (Å²) in [6.45, 7) is 8.59. The fraction of sp³-hybridized carbons (Fsp3) is 0.438. The van der Waals surface area contributed by atoms with Gasteiger partial charge in [0.2, 0.25) is 0 Å². The summed E-state index contributed by atoms with van der Waals surface area (Å²) in [5.41, 5.74) is 4.18. The smallest absolute Gasteiger partial charge is 1.00 e. The van der Waals surface area contributed by atoms with Gasteiger partial charge < -0.3 is 24.8 Å². The first kappa shape index (κ1) is 24.3. The van der Waals surface area contributed by atoms with Crippen molar-refractivity contribution in [3.05, 3.63) is 53.1 Å². The zero-order valence-electron chi connectivity index (χ0n) is 12.1. The minimum atomic E-state index is 0. The molecule has 0 nitrogen and oxygen atoms in total. The Morgan fingerprint density at radius 3 is 2.05 bits per heavy atom. The van der Waals surface area contributed by atoms with Gasteiger partial charge in [-0.15, -0.1) is 6.92 Å². The van der Waals surface area contributed by atoms with Gasteiger partial charge in [0.15, 0.2) is 0 Å². The van der Waals surface area contributed by atoms with Gasteiger partial charge >= 0.3 is 26.2 Å². The molecule has 0 aliphatic heterocycles. The molecule has 0 N–H and O–H groups in total. The Morgan fingerprint density at radius 1 is 1.21 bits per heavy atom. The van der Waals surface area contributed by atoms with Crippen molar-refractivity contribution in [1.29, 1.82) is 0 Å². The summed E-state index contributed by atoms with van der Waals surface area (Å²) in [6, 6.07) is 6.55. The van der Waals surface area contributed by atoms with Crippen LogP contribution in [0, 0.1) is 18.9 Å². The topological polar surface area (TPSA) is 0 Å². The summed E-state index contributed by atoms with van der Waals surface area (Å²) >= 11 is 0. The van der Waals surface area contributed by atoms with E-state index in [1.165, 1.54) is 23.1 Å². The maximum atomic E-state index is 3.24. The Morgan fingerprint density at radius 2 is 1.84 bits per heavy atom. The van der Waals surface area contributed by atoms with Crippen LogP contribution >= 0.6 is 0 Å². The van der Waals surface area contributed by atoms with Crippen molar-refractivity contribution in [3.8, 4) is 0 Å². The molecule has 1 atom stereocenters. The fourth-order valence-electron chi connectivity index (χ4n) is 1.73. The molecule has 1 aromatic rings. The molecule has 0 saturated heterocycles. The number of rotatable bonds is 2. The summed E-state index contributed by atoms with van der Waals surface area (Å²) < 4.78 is 0. The second-order valence-corrected chi connectivity index (χ2v) is 4.39. The summed E-state index contributed by atoms with van der Waals surface area (Å²) in [6.07, 6.45) is 9.90. The molecule has 2 rings (SSSR count). The van der Waals surface area contributed by atoms with Gasteiger partial charge in [-0.2, -0.15) is 23.8 Å². The van der Waals surface area contributed by atoms with E-state index in [9.17, 15) is 0 Å². The van der Waals surface area contributed by atoms with Crippen molar-refractivity contribution in [3.63, 3.8) is 0 Å². The zero-order valence-corrected chi connectivity index (χ0v) is 16.1. The van der Waals surface area contributed by atoms with Crippen LogP contribution in [0.1, 0.15) is 38.3 Å². The summed E-state index contributed by atoms with van der Waals surface area (Å²) in [5, 5.41) is 0. The van der Waals surface area contributed by atoms with Gasteiger partial charge in [-0.25, -0.2) is 23.3 Å². The Balaban J connectivity index is -0.000000233. The van der Waals surface area contributed by atoms with E-state index in [0.717, 1.165) is 6.42 Å². The monoisotopic (exact) mass is 374 g/mol. The Kier molecular flexibility index (Phi) is 17.0. The number of aryl methyl sites for hydroxylation is 2. The third kappa shape index (κ3) is 9.77. The molecule has 0 radical (unpaired) electrons. The van der Waals surface area contributed by atoms with Crippen molar-refractivity contribution in [2.45, 2.75) is 40.5 Å². The second-order valence-electron chi connectivity index (χ2n) is 4.39. The van der Waals surface area contributed by atoms with Crippen molar-refractivity contribution in [2.75, 3.05) is 0 Å². The number of hydrogen-bond acceptors (Lipinski definition) is 0. The summed E-state index contributed by atoms with van der Waals surface area (Å²) in [7, 11) is 0. The molecule has 3 heteroatoms. The molecule has 0 heterocycles. The predicted octanol–water partition coefficient (Wildman–Crippen LogP) is -1.39. The van der Waals surface area contributed by atoms with E-state index in [1.54, 1.807) is 0 Å². The van der Waals surface area contributed by atoms with E-state index in [0.29, 0.717) is 5.92 Å². The van der Waals surface area contributed by atoms with E-state index >= 15 is 0 Å². The van der Waals surface area contributed by atoms with E-state index in [2.05, 4.69) is 64.1 Å². The van der Waals surface area contributed by atoms with Crippen molar-refractivity contribution < 1.29 is 51.0 Å². The normalized spacial score (nSPS) is 15.2. The number of hydrogen-bond donors (Lipinski definition) is 0. The second kappa shape index (κ2) is 13.3. The Labute approximate surface area is 150 Å². The molecule has 0 saturated carbocycles. The number of allylic oxidation sites excluding steroid dienone is 4. The van der Waals surface area contributed by atoms with Gasteiger partial charge in [-0.3, -0.25) is 6.08 Å². The van der Waals surface area contributed by atoms with E-state index in [1.807, 2.05) is 0 Å². The Bertz CT molecular complexity index is 378. The maximum absolute atomic E-state index is 3.24. The molecule has 0 spiro atoms. The van der Waals surface area contributed by atoms with Crippen LogP contribution in [-0.2, 0) is 32.6 Å². The first-order chi connectivity index (χ1) is 7.65. The third-order valence-corrected chi connectivity index (χ3v) is 2.81. The van der Waals surface area contributed by atoms with Crippen LogP contribution in [0.3, 0.4) is 0 Å². The van der Waals surface area contributed by atoms with Crippen LogP contribution in [0.5, 0.6) is 0 Å². The average Bonchev–Trinajstić information content (AvgIpc) is 2.88.